The van der Waals surface area contributed by atoms with Crippen molar-refractivity contribution in [3.05, 3.63) is 48.2 Å². The topological polar surface area (TPSA) is 79.4 Å². The summed E-state index contributed by atoms with van der Waals surface area (Å²) in [5, 5.41) is 2.14. The maximum absolute atomic E-state index is 13.7. The zero-order valence-electron chi connectivity index (χ0n) is 16.5. The third kappa shape index (κ3) is 5.55. The number of carbonyl (C=O) groups excluding carboxylic acids is 1. The Hall–Kier alpha value is -2.04. The fourth-order valence-electron chi connectivity index (χ4n) is 3.08. The summed E-state index contributed by atoms with van der Waals surface area (Å²) in [4.78, 5) is 16.6. The van der Waals surface area contributed by atoms with Gasteiger partial charge in [0.15, 0.2) is 0 Å². The van der Waals surface area contributed by atoms with Crippen molar-refractivity contribution in [1.82, 2.24) is 9.29 Å². The van der Waals surface area contributed by atoms with E-state index < -0.39 is 32.8 Å². The average Bonchev–Trinajstić information content (AvgIpc) is 3.01. The van der Waals surface area contributed by atoms with Crippen LogP contribution in [-0.4, -0.2) is 42.0 Å². The first kappa shape index (κ1) is 22.6. The number of nitrogens with zero attached hydrogens (tertiary/aromatic N) is 2. The lowest BCUT2D eigenvalue weighted by Crippen LogP contribution is -2.32. The van der Waals surface area contributed by atoms with Gasteiger partial charge in [-0.3, -0.25) is 4.79 Å². The summed E-state index contributed by atoms with van der Waals surface area (Å²) in [6.45, 7) is 2.61. The molecule has 1 atom stereocenters. The van der Waals surface area contributed by atoms with Gasteiger partial charge in [0.25, 0.3) is 0 Å². The first-order valence-corrected chi connectivity index (χ1v) is 12.0. The second kappa shape index (κ2) is 9.84. The Morgan fingerprint density at radius 2 is 1.83 bits per heavy atom. The van der Waals surface area contributed by atoms with Crippen LogP contribution in [0, 0.1) is 11.6 Å². The van der Waals surface area contributed by atoms with Gasteiger partial charge in [-0.2, -0.15) is 4.31 Å². The number of hydrogen-bond donors (Lipinski definition) is 1. The molecule has 1 fully saturated rings. The molecule has 6 nitrogen and oxygen atoms in total. The van der Waals surface area contributed by atoms with Gasteiger partial charge in [-0.05, 0) is 44.0 Å². The van der Waals surface area contributed by atoms with Gasteiger partial charge < -0.3 is 5.32 Å². The number of pyridine rings is 1. The first-order chi connectivity index (χ1) is 14.3. The van der Waals surface area contributed by atoms with Gasteiger partial charge >= 0.3 is 0 Å². The molecule has 0 radical (unpaired) electrons. The van der Waals surface area contributed by atoms with E-state index >= 15 is 0 Å². The Morgan fingerprint density at radius 3 is 2.47 bits per heavy atom. The minimum Gasteiger partial charge on any atom is -0.323 e. The van der Waals surface area contributed by atoms with Gasteiger partial charge in [0.1, 0.15) is 16.5 Å². The summed E-state index contributed by atoms with van der Waals surface area (Å²) in [6, 6.07) is 5.84. The number of halogens is 2. The van der Waals surface area contributed by atoms with Crippen molar-refractivity contribution in [2.45, 2.75) is 47.8 Å². The quantitative estimate of drug-likeness (QED) is 0.665. The molecule has 1 aliphatic rings. The molecule has 1 N–H and O–H groups in total. The van der Waals surface area contributed by atoms with Crippen molar-refractivity contribution in [1.29, 1.82) is 0 Å². The zero-order valence-corrected chi connectivity index (χ0v) is 18.1. The van der Waals surface area contributed by atoms with Crippen LogP contribution in [0.5, 0.6) is 0 Å². The molecular formula is C20H23F2N3O3S2. The number of benzene rings is 1. The fraction of sp³-hybridized carbons (Fsp3) is 0.400. The SMILES string of the molecule is CC(Sc1ccc(S(=O)(=O)N2CCCCCC2)cn1)C(=O)Nc1cc(F)ccc1F. The molecule has 10 heteroatoms. The van der Waals surface area contributed by atoms with Gasteiger partial charge in [0.2, 0.25) is 15.9 Å². The van der Waals surface area contributed by atoms with Crippen molar-refractivity contribution in [3.63, 3.8) is 0 Å². The van der Waals surface area contributed by atoms with E-state index in [0.717, 1.165) is 55.6 Å². The highest BCUT2D eigenvalue weighted by Crippen LogP contribution is 2.26. The molecular weight excluding hydrogens is 432 g/mol. The van der Waals surface area contributed by atoms with E-state index in [0.29, 0.717) is 18.1 Å². The van der Waals surface area contributed by atoms with Crippen LogP contribution in [-0.2, 0) is 14.8 Å². The number of rotatable bonds is 6. The van der Waals surface area contributed by atoms with Crippen molar-refractivity contribution >= 4 is 33.4 Å². The number of hydrogen-bond acceptors (Lipinski definition) is 5. The van der Waals surface area contributed by atoms with Crippen LogP contribution < -0.4 is 5.32 Å². The van der Waals surface area contributed by atoms with Crippen LogP contribution in [0.4, 0.5) is 14.5 Å². The van der Waals surface area contributed by atoms with E-state index in [-0.39, 0.29) is 10.6 Å². The number of nitrogens with one attached hydrogen (secondary N) is 1. The summed E-state index contributed by atoms with van der Waals surface area (Å²) in [5.74, 6) is -1.91. The number of sulfonamides is 1. The van der Waals surface area contributed by atoms with Crippen LogP contribution >= 0.6 is 11.8 Å². The normalized spacial score (nSPS) is 16.6. The smallest absolute Gasteiger partial charge is 0.244 e. The lowest BCUT2D eigenvalue weighted by Gasteiger charge is -2.19. The maximum atomic E-state index is 13.7. The van der Waals surface area contributed by atoms with Crippen molar-refractivity contribution in [2.75, 3.05) is 18.4 Å². The predicted octanol–water partition coefficient (Wildman–Crippen LogP) is 4.04. The molecule has 0 saturated carbocycles. The van der Waals surface area contributed by atoms with Crippen molar-refractivity contribution in [3.8, 4) is 0 Å². The van der Waals surface area contributed by atoms with E-state index in [4.69, 9.17) is 0 Å². The largest absolute Gasteiger partial charge is 0.323 e. The molecule has 2 aromatic rings. The van der Waals surface area contributed by atoms with E-state index in [1.807, 2.05) is 0 Å². The van der Waals surface area contributed by atoms with Gasteiger partial charge in [-0.25, -0.2) is 22.2 Å². The Balaban J connectivity index is 1.64. The monoisotopic (exact) mass is 455 g/mol. The minimum absolute atomic E-state index is 0.118. The predicted molar refractivity (Wildman–Crippen MR) is 112 cm³/mol. The second-order valence-corrected chi connectivity index (χ2v) is 10.3. The standard InChI is InChI=1S/C20H23F2N3O3S2/c1-14(20(26)24-18-12-15(21)6-8-17(18)22)29-19-9-7-16(13-23-19)30(27,28)25-10-4-2-3-5-11-25/h6-9,12-14H,2-5,10-11H2,1H3,(H,24,26). The fourth-order valence-corrected chi connectivity index (χ4v) is 5.33. The molecule has 0 aliphatic carbocycles. The third-order valence-corrected chi connectivity index (χ3v) is 7.70. The van der Waals surface area contributed by atoms with Gasteiger partial charge in [-0.15, -0.1) is 0 Å². The number of aromatic nitrogens is 1. The molecule has 1 unspecified atom stereocenters. The van der Waals surface area contributed by atoms with Crippen LogP contribution in [0.2, 0.25) is 0 Å². The molecule has 1 amide bonds. The number of amides is 1. The second-order valence-electron chi connectivity index (χ2n) is 7.02. The summed E-state index contributed by atoms with van der Waals surface area (Å²) in [5.41, 5.74) is -0.237. The molecule has 0 spiro atoms. The highest BCUT2D eigenvalue weighted by atomic mass is 32.2. The lowest BCUT2D eigenvalue weighted by molar-refractivity contribution is -0.115. The maximum Gasteiger partial charge on any atom is 0.244 e. The molecule has 3 rings (SSSR count). The van der Waals surface area contributed by atoms with Crippen molar-refractivity contribution in [2.24, 2.45) is 0 Å². The zero-order chi connectivity index (χ0) is 21.7. The molecule has 1 saturated heterocycles. The Bertz CT molecular complexity index is 993. The van der Waals surface area contributed by atoms with E-state index in [9.17, 15) is 22.0 Å². The number of carbonyl (C=O) groups is 1. The van der Waals surface area contributed by atoms with Crippen LogP contribution in [0.25, 0.3) is 0 Å². The van der Waals surface area contributed by atoms with Crippen molar-refractivity contribution < 1.29 is 22.0 Å². The summed E-state index contributed by atoms with van der Waals surface area (Å²) >= 11 is 1.09. The molecule has 162 valence electrons. The lowest BCUT2D eigenvalue weighted by atomic mass is 10.2. The number of thioether (sulfide) groups is 1. The minimum atomic E-state index is -3.59. The summed E-state index contributed by atoms with van der Waals surface area (Å²) in [6.07, 6.45) is 5.04. The molecule has 0 bridgehead atoms. The van der Waals surface area contributed by atoms with E-state index in [2.05, 4.69) is 10.3 Å². The average molecular weight is 456 g/mol. The number of anilines is 1. The van der Waals surface area contributed by atoms with Gasteiger partial charge in [0.05, 0.1) is 16.0 Å². The Labute approximate surface area is 179 Å². The molecule has 1 aromatic carbocycles. The van der Waals surface area contributed by atoms with Gasteiger partial charge in [-0.1, -0.05) is 24.6 Å². The first-order valence-electron chi connectivity index (χ1n) is 9.66. The van der Waals surface area contributed by atoms with Crippen LogP contribution in [0.3, 0.4) is 0 Å². The van der Waals surface area contributed by atoms with Crippen LogP contribution in [0.1, 0.15) is 32.6 Å². The Kier molecular flexibility index (Phi) is 7.43. The molecule has 2 heterocycles. The van der Waals surface area contributed by atoms with E-state index in [1.165, 1.54) is 16.6 Å². The molecule has 30 heavy (non-hydrogen) atoms. The third-order valence-electron chi connectivity index (χ3n) is 4.77. The van der Waals surface area contributed by atoms with Gasteiger partial charge in [0, 0.05) is 25.4 Å². The summed E-state index contributed by atoms with van der Waals surface area (Å²) < 4.78 is 54.0. The molecule has 1 aliphatic heterocycles. The van der Waals surface area contributed by atoms with Crippen LogP contribution in [0.15, 0.2) is 46.5 Å². The van der Waals surface area contributed by atoms with E-state index in [1.54, 1.807) is 13.0 Å². The highest BCUT2D eigenvalue weighted by molar-refractivity contribution is 8.00. The Morgan fingerprint density at radius 1 is 1.13 bits per heavy atom. The highest BCUT2D eigenvalue weighted by Gasteiger charge is 2.25. The summed E-state index contributed by atoms with van der Waals surface area (Å²) in [7, 11) is -3.59. The molecule has 1 aromatic heterocycles.